The summed E-state index contributed by atoms with van der Waals surface area (Å²) in [5, 5.41) is 0. The Morgan fingerprint density at radius 2 is 2.03 bits per heavy atom. The monoisotopic (exact) mass is 384 g/mol. The molecule has 5 nitrogen and oxygen atoms in total. The third kappa shape index (κ3) is 4.22. The standard InChI is InChI=1S/C24H24N4O/c1-3-20-24(29)27-21-11-7-18(15-22(21)26-20)8-12-23(28-14-4-13-25-16-28)19-9-5-17(2)6-10-19/h5-7,9-11,15-16,23H,3,8,12,14H2,1-2H3,(H,27,29). The van der Waals surface area contributed by atoms with Crippen molar-refractivity contribution in [3.8, 4) is 12.0 Å². The number of fused-ring (bicyclic) bond motifs is 1. The zero-order valence-corrected chi connectivity index (χ0v) is 16.8. The second kappa shape index (κ2) is 8.32. The molecule has 0 saturated heterocycles. The Morgan fingerprint density at radius 1 is 1.21 bits per heavy atom. The highest BCUT2D eigenvalue weighted by Gasteiger charge is 2.19. The van der Waals surface area contributed by atoms with Crippen molar-refractivity contribution in [1.82, 2.24) is 14.9 Å². The number of benzene rings is 2. The van der Waals surface area contributed by atoms with Gasteiger partial charge in [0.15, 0.2) is 0 Å². The van der Waals surface area contributed by atoms with Crippen molar-refractivity contribution >= 4 is 17.4 Å². The molecule has 5 heteroatoms. The molecule has 1 aromatic heterocycles. The lowest BCUT2D eigenvalue weighted by Crippen LogP contribution is -2.29. The predicted octanol–water partition coefficient (Wildman–Crippen LogP) is 3.77. The van der Waals surface area contributed by atoms with Gasteiger partial charge in [0.05, 0.1) is 23.6 Å². The number of nitrogens with zero attached hydrogens (tertiary/aromatic N) is 3. The van der Waals surface area contributed by atoms with E-state index in [-0.39, 0.29) is 11.6 Å². The smallest absolute Gasteiger partial charge is 0.270 e. The Morgan fingerprint density at radius 3 is 2.76 bits per heavy atom. The van der Waals surface area contributed by atoms with E-state index in [0.29, 0.717) is 18.7 Å². The van der Waals surface area contributed by atoms with Crippen LogP contribution in [-0.2, 0) is 12.8 Å². The molecule has 0 amide bonds. The normalized spacial score (nSPS) is 13.9. The Hall–Kier alpha value is -3.39. The lowest BCUT2D eigenvalue weighted by Gasteiger charge is -2.29. The maximum Gasteiger partial charge on any atom is 0.270 e. The fourth-order valence-corrected chi connectivity index (χ4v) is 3.68. The van der Waals surface area contributed by atoms with Gasteiger partial charge in [-0.2, -0.15) is 4.99 Å². The molecule has 0 aliphatic carbocycles. The van der Waals surface area contributed by atoms with Gasteiger partial charge in [-0.1, -0.05) is 48.7 Å². The number of aromatic nitrogens is 2. The Balaban J connectivity index is 1.59. The highest BCUT2D eigenvalue weighted by atomic mass is 16.1. The van der Waals surface area contributed by atoms with Crippen molar-refractivity contribution in [2.75, 3.05) is 6.54 Å². The van der Waals surface area contributed by atoms with Crippen molar-refractivity contribution in [3.63, 3.8) is 0 Å². The van der Waals surface area contributed by atoms with Gasteiger partial charge in [-0.05, 0) is 49.4 Å². The molecule has 4 rings (SSSR count). The van der Waals surface area contributed by atoms with E-state index >= 15 is 0 Å². The number of H-pyrrole nitrogens is 1. The molecular weight excluding hydrogens is 360 g/mol. The second-order valence-electron chi connectivity index (χ2n) is 7.39. The summed E-state index contributed by atoms with van der Waals surface area (Å²) in [4.78, 5) is 25.8. The zero-order chi connectivity index (χ0) is 20.2. The van der Waals surface area contributed by atoms with Crippen LogP contribution in [0, 0.1) is 18.9 Å². The van der Waals surface area contributed by atoms with Gasteiger partial charge in [0.1, 0.15) is 12.0 Å². The van der Waals surface area contributed by atoms with Gasteiger partial charge < -0.3 is 9.88 Å². The third-order valence-corrected chi connectivity index (χ3v) is 5.34. The molecule has 146 valence electrons. The molecule has 1 unspecified atom stereocenters. The minimum Gasteiger partial charge on any atom is -0.344 e. The fourth-order valence-electron chi connectivity index (χ4n) is 3.68. The first-order valence-corrected chi connectivity index (χ1v) is 9.99. The van der Waals surface area contributed by atoms with Crippen LogP contribution in [0.25, 0.3) is 11.0 Å². The topological polar surface area (TPSA) is 61.4 Å². The van der Waals surface area contributed by atoms with Crippen LogP contribution in [0.15, 0.2) is 52.3 Å². The maximum atomic E-state index is 12.0. The van der Waals surface area contributed by atoms with E-state index in [0.717, 1.165) is 23.9 Å². The maximum absolute atomic E-state index is 12.0. The lowest BCUT2D eigenvalue weighted by molar-refractivity contribution is 0.338. The summed E-state index contributed by atoms with van der Waals surface area (Å²) in [7, 11) is 0. The number of rotatable bonds is 6. The quantitative estimate of drug-likeness (QED) is 0.658. The van der Waals surface area contributed by atoms with E-state index in [4.69, 9.17) is 0 Å². The van der Waals surface area contributed by atoms with Gasteiger partial charge >= 0.3 is 0 Å². The first-order chi connectivity index (χ1) is 14.1. The molecule has 0 bridgehead atoms. The highest BCUT2D eigenvalue weighted by molar-refractivity contribution is 5.74. The molecule has 0 saturated carbocycles. The molecule has 1 N–H and O–H groups in total. The van der Waals surface area contributed by atoms with Crippen LogP contribution in [0.1, 0.15) is 41.8 Å². The Bertz CT molecular complexity index is 1170. The number of aryl methyl sites for hydroxylation is 3. The molecule has 1 atom stereocenters. The van der Waals surface area contributed by atoms with Crippen LogP contribution < -0.4 is 5.56 Å². The summed E-state index contributed by atoms with van der Waals surface area (Å²) in [6.45, 7) is 4.73. The Kier molecular flexibility index (Phi) is 5.44. The van der Waals surface area contributed by atoms with Gasteiger partial charge in [0.25, 0.3) is 5.56 Å². The second-order valence-corrected chi connectivity index (χ2v) is 7.39. The number of aromatic amines is 1. The van der Waals surface area contributed by atoms with E-state index in [9.17, 15) is 4.79 Å². The summed E-state index contributed by atoms with van der Waals surface area (Å²) in [5.74, 6) is 3.07. The molecule has 1 aliphatic heterocycles. The minimum absolute atomic E-state index is 0.0994. The molecular formula is C24H24N4O. The van der Waals surface area contributed by atoms with Gasteiger partial charge in [-0.15, -0.1) is 0 Å². The van der Waals surface area contributed by atoms with Crippen LogP contribution in [-0.4, -0.2) is 27.8 Å². The molecule has 0 spiro atoms. The van der Waals surface area contributed by atoms with Crippen molar-refractivity contribution in [2.24, 2.45) is 4.99 Å². The molecule has 2 heterocycles. The summed E-state index contributed by atoms with van der Waals surface area (Å²) >= 11 is 0. The van der Waals surface area contributed by atoms with Crippen LogP contribution in [0.2, 0.25) is 0 Å². The summed E-state index contributed by atoms with van der Waals surface area (Å²) in [5.41, 5.74) is 5.83. The number of nitrogens with one attached hydrogen (secondary N) is 1. The number of hydrogen-bond acceptors (Lipinski definition) is 4. The minimum atomic E-state index is -0.0994. The van der Waals surface area contributed by atoms with Crippen LogP contribution in [0.3, 0.4) is 0 Å². The summed E-state index contributed by atoms with van der Waals surface area (Å²) in [6.07, 6.45) is 4.31. The first-order valence-electron chi connectivity index (χ1n) is 9.99. The van der Waals surface area contributed by atoms with Crippen molar-refractivity contribution in [3.05, 3.63) is 75.2 Å². The average Bonchev–Trinajstić information content (AvgIpc) is 2.75. The molecule has 29 heavy (non-hydrogen) atoms. The summed E-state index contributed by atoms with van der Waals surface area (Å²) in [6, 6.07) is 17.8. The van der Waals surface area contributed by atoms with Crippen LogP contribution >= 0.6 is 0 Å². The molecule has 1 aliphatic rings. The lowest BCUT2D eigenvalue weighted by atomic mass is 9.96. The van der Waals surface area contributed by atoms with Crippen molar-refractivity contribution < 1.29 is 0 Å². The van der Waals surface area contributed by atoms with E-state index in [2.05, 4.69) is 75.1 Å². The largest absolute Gasteiger partial charge is 0.344 e. The molecule has 2 aromatic carbocycles. The van der Waals surface area contributed by atoms with Crippen LogP contribution in [0.4, 0.5) is 0 Å². The number of aliphatic imine (C=N–C) groups is 1. The third-order valence-electron chi connectivity index (χ3n) is 5.34. The SMILES string of the molecule is CCc1nc2cc(CCC(c3ccc(C)cc3)N3C=NC#CC3)ccc2[nH]c1=O. The van der Waals surface area contributed by atoms with Crippen molar-refractivity contribution in [2.45, 2.75) is 39.2 Å². The molecule has 0 fully saturated rings. The van der Waals surface area contributed by atoms with Gasteiger partial charge in [-0.25, -0.2) is 4.98 Å². The number of hydrogen-bond donors (Lipinski definition) is 1. The fraction of sp³-hybridized carbons (Fsp3) is 0.292. The first kappa shape index (κ1) is 18.9. The van der Waals surface area contributed by atoms with Crippen LogP contribution in [0.5, 0.6) is 0 Å². The zero-order valence-electron chi connectivity index (χ0n) is 16.8. The van der Waals surface area contributed by atoms with E-state index in [1.807, 2.05) is 19.3 Å². The van der Waals surface area contributed by atoms with E-state index < -0.39 is 0 Å². The van der Waals surface area contributed by atoms with Crippen molar-refractivity contribution in [1.29, 1.82) is 0 Å². The Labute approximate surface area is 170 Å². The highest BCUT2D eigenvalue weighted by Crippen LogP contribution is 2.26. The van der Waals surface area contributed by atoms with Gasteiger partial charge in [-0.3, -0.25) is 4.79 Å². The average molecular weight is 384 g/mol. The van der Waals surface area contributed by atoms with E-state index in [1.54, 1.807) is 0 Å². The molecule has 0 radical (unpaired) electrons. The molecule has 3 aromatic rings. The predicted molar refractivity (Wildman–Crippen MR) is 117 cm³/mol. The summed E-state index contributed by atoms with van der Waals surface area (Å²) < 4.78 is 0. The van der Waals surface area contributed by atoms with E-state index in [1.165, 1.54) is 16.7 Å². The van der Waals surface area contributed by atoms with Gasteiger partial charge in [0, 0.05) is 6.04 Å². The van der Waals surface area contributed by atoms with Gasteiger partial charge in [0.2, 0.25) is 0 Å².